The molecule has 1 heterocycles. The first kappa shape index (κ1) is 16.6. The van der Waals surface area contributed by atoms with Gasteiger partial charge in [0, 0.05) is 36.8 Å². The molecular weight excluding hydrogens is 321 g/mol. The molecule has 2 amide bonds. The van der Waals surface area contributed by atoms with E-state index >= 15 is 0 Å². The zero-order valence-electron chi connectivity index (χ0n) is 11.6. The van der Waals surface area contributed by atoms with Gasteiger partial charge < -0.3 is 9.80 Å². The number of rotatable bonds is 2. The standard InChI is InChI=1S/C14H14ClF3N2O2/c15-11-3-1-2-10(8-11)13(22)20-6-4-19(5-7-20)12(21)9-14(16,17)18/h1-3,8H,4-7,9H2. The van der Waals surface area contributed by atoms with Crippen molar-refractivity contribution in [3.05, 3.63) is 34.9 Å². The van der Waals surface area contributed by atoms with E-state index < -0.39 is 18.5 Å². The molecular formula is C14H14ClF3N2O2. The van der Waals surface area contributed by atoms with E-state index in [2.05, 4.69) is 0 Å². The van der Waals surface area contributed by atoms with Crippen LogP contribution in [0.5, 0.6) is 0 Å². The molecule has 22 heavy (non-hydrogen) atoms. The molecule has 0 saturated carbocycles. The van der Waals surface area contributed by atoms with Crippen LogP contribution < -0.4 is 0 Å². The van der Waals surface area contributed by atoms with Crippen LogP contribution in [-0.2, 0) is 4.79 Å². The summed E-state index contributed by atoms with van der Waals surface area (Å²) in [5.41, 5.74) is 0.419. The first-order valence-corrected chi connectivity index (χ1v) is 7.03. The Morgan fingerprint density at radius 2 is 1.68 bits per heavy atom. The van der Waals surface area contributed by atoms with Gasteiger partial charge in [0.05, 0.1) is 0 Å². The van der Waals surface area contributed by atoms with Gasteiger partial charge in [0.2, 0.25) is 5.91 Å². The van der Waals surface area contributed by atoms with Gasteiger partial charge >= 0.3 is 6.18 Å². The van der Waals surface area contributed by atoms with Crippen LogP contribution in [0.3, 0.4) is 0 Å². The van der Waals surface area contributed by atoms with Crippen LogP contribution in [0.2, 0.25) is 5.02 Å². The fraction of sp³-hybridized carbons (Fsp3) is 0.429. The van der Waals surface area contributed by atoms with Crippen molar-refractivity contribution in [2.24, 2.45) is 0 Å². The molecule has 0 spiro atoms. The normalized spacial score (nSPS) is 15.8. The number of halogens is 4. The Hall–Kier alpha value is -1.76. The summed E-state index contributed by atoms with van der Waals surface area (Å²) in [6.07, 6.45) is -5.97. The van der Waals surface area contributed by atoms with Gasteiger partial charge in [0.25, 0.3) is 5.91 Å². The average Bonchev–Trinajstić information content (AvgIpc) is 2.45. The van der Waals surface area contributed by atoms with Crippen molar-refractivity contribution in [3.63, 3.8) is 0 Å². The summed E-state index contributed by atoms with van der Waals surface area (Å²) in [4.78, 5) is 26.4. The third-order valence-corrected chi connectivity index (χ3v) is 3.58. The molecule has 1 aromatic carbocycles. The van der Waals surface area contributed by atoms with Crippen LogP contribution in [0.4, 0.5) is 13.2 Å². The number of hydrogen-bond acceptors (Lipinski definition) is 2. The zero-order valence-corrected chi connectivity index (χ0v) is 12.3. The molecule has 0 aromatic heterocycles. The zero-order chi connectivity index (χ0) is 16.3. The smallest absolute Gasteiger partial charge is 0.339 e. The molecule has 0 radical (unpaired) electrons. The van der Waals surface area contributed by atoms with Crippen molar-refractivity contribution < 1.29 is 22.8 Å². The Morgan fingerprint density at radius 3 is 2.23 bits per heavy atom. The predicted molar refractivity (Wildman–Crippen MR) is 74.6 cm³/mol. The van der Waals surface area contributed by atoms with E-state index in [1.54, 1.807) is 18.2 Å². The molecule has 120 valence electrons. The summed E-state index contributed by atoms with van der Waals surface area (Å²) >= 11 is 5.82. The summed E-state index contributed by atoms with van der Waals surface area (Å²) in [7, 11) is 0. The number of carbonyl (C=O) groups excluding carboxylic acids is 2. The minimum Gasteiger partial charge on any atom is -0.339 e. The number of alkyl halides is 3. The molecule has 0 aliphatic carbocycles. The highest BCUT2D eigenvalue weighted by atomic mass is 35.5. The number of nitrogens with zero attached hydrogens (tertiary/aromatic N) is 2. The van der Waals surface area contributed by atoms with Gasteiger partial charge in [-0.2, -0.15) is 13.2 Å². The fourth-order valence-corrected chi connectivity index (χ4v) is 2.44. The van der Waals surface area contributed by atoms with Crippen LogP contribution in [0, 0.1) is 0 Å². The van der Waals surface area contributed by atoms with Gasteiger partial charge in [-0.05, 0) is 18.2 Å². The van der Waals surface area contributed by atoms with Gasteiger partial charge in [-0.1, -0.05) is 17.7 Å². The van der Waals surface area contributed by atoms with E-state index in [4.69, 9.17) is 11.6 Å². The van der Waals surface area contributed by atoms with Gasteiger partial charge in [-0.3, -0.25) is 9.59 Å². The second-order valence-electron chi connectivity index (χ2n) is 4.98. The molecule has 1 aliphatic heterocycles. The molecule has 2 rings (SSSR count). The third kappa shape index (κ3) is 4.37. The molecule has 1 aromatic rings. The molecule has 1 aliphatic rings. The van der Waals surface area contributed by atoms with Crippen LogP contribution in [-0.4, -0.2) is 54.0 Å². The van der Waals surface area contributed by atoms with Gasteiger partial charge in [0.1, 0.15) is 6.42 Å². The molecule has 0 N–H and O–H groups in total. The third-order valence-electron chi connectivity index (χ3n) is 3.34. The van der Waals surface area contributed by atoms with Gasteiger partial charge in [-0.15, -0.1) is 0 Å². The molecule has 8 heteroatoms. The SMILES string of the molecule is O=C(CC(F)(F)F)N1CCN(C(=O)c2cccc(Cl)c2)CC1. The van der Waals surface area contributed by atoms with Crippen molar-refractivity contribution in [2.75, 3.05) is 26.2 Å². The molecule has 1 fully saturated rings. The van der Waals surface area contributed by atoms with Crippen LogP contribution in [0.25, 0.3) is 0 Å². The first-order chi connectivity index (χ1) is 10.3. The van der Waals surface area contributed by atoms with E-state index in [1.807, 2.05) is 0 Å². The van der Waals surface area contributed by atoms with Crippen molar-refractivity contribution in [2.45, 2.75) is 12.6 Å². The number of amides is 2. The van der Waals surface area contributed by atoms with E-state index in [1.165, 1.54) is 11.0 Å². The Kier molecular flexibility index (Phi) is 4.95. The summed E-state index contributed by atoms with van der Waals surface area (Å²) in [6, 6.07) is 6.45. The van der Waals surface area contributed by atoms with Crippen LogP contribution in [0.15, 0.2) is 24.3 Å². The minimum atomic E-state index is -4.51. The number of benzene rings is 1. The maximum absolute atomic E-state index is 12.2. The lowest BCUT2D eigenvalue weighted by atomic mass is 10.2. The number of carbonyl (C=O) groups is 2. The second-order valence-corrected chi connectivity index (χ2v) is 5.41. The van der Waals surface area contributed by atoms with Crippen molar-refractivity contribution >= 4 is 23.4 Å². The highest BCUT2D eigenvalue weighted by molar-refractivity contribution is 6.30. The summed E-state index contributed by atoms with van der Waals surface area (Å²) in [6.45, 7) is 0.603. The summed E-state index contributed by atoms with van der Waals surface area (Å²) in [5, 5.41) is 0.435. The average molecular weight is 335 g/mol. The Labute approximate surface area is 130 Å². The van der Waals surface area contributed by atoms with Crippen LogP contribution >= 0.6 is 11.6 Å². The highest BCUT2D eigenvalue weighted by Gasteiger charge is 2.34. The van der Waals surface area contributed by atoms with Gasteiger partial charge in [-0.25, -0.2) is 0 Å². The summed E-state index contributed by atoms with van der Waals surface area (Å²) < 4.78 is 36.6. The van der Waals surface area contributed by atoms with E-state index in [0.717, 1.165) is 4.90 Å². The maximum Gasteiger partial charge on any atom is 0.397 e. The lowest BCUT2D eigenvalue weighted by molar-refractivity contribution is -0.162. The predicted octanol–water partition coefficient (Wildman–Crippen LogP) is 2.58. The molecule has 0 unspecified atom stereocenters. The summed E-state index contributed by atoms with van der Waals surface area (Å²) in [5.74, 6) is -1.20. The highest BCUT2D eigenvalue weighted by Crippen LogP contribution is 2.21. The molecule has 4 nitrogen and oxygen atoms in total. The minimum absolute atomic E-state index is 0.0984. The second kappa shape index (κ2) is 6.56. The Balaban J connectivity index is 1.92. The Morgan fingerprint density at radius 1 is 1.09 bits per heavy atom. The molecule has 0 atom stereocenters. The van der Waals surface area contributed by atoms with Crippen molar-refractivity contribution in [3.8, 4) is 0 Å². The monoisotopic (exact) mass is 334 g/mol. The van der Waals surface area contributed by atoms with E-state index in [0.29, 0.717) is 10.6 Å². The molecule has 1 saturated heterocycles. The Bertz CT molecular complexity index is 569. The van der Waals surface area contributed by atoms with Gasteiger partial charge in [0.15, 0.2) is 0 Å². The maximum atomic E-state index is 12.2. The number of piperazine rings is 1. The van der Waals surface area contributed by atoms with E-state index in [-0.39, 0.29) is 32.1 Å². The first-order valence-electron chi connectivity index (χ1n) is 6.65. The molecule has 0 bridgehead atoms. The van der Waals surface area contributed by atoms with Crippen molar-refractivity contribution in [1.29, 1.82) is 0 Å². The quantitative estimate of drug-likeness (QED) is 0.834. The lowest BCUT2D eigenvalue weighted by Gasteiger charge is -2.35. The fourth-order valence-electron chi connectivity index (χ4n) is 2.25. The largest absolute Gasteiger partial charge is 0.397 e. The topological polar surface area (TPSA) is 40.6 Å². The van der Waals surface area contributed by atoms with Crippen LogP contribution in [0.1, 0.15) is 16.8 Å². The lowest BCUT2D eigenvalue weighted by Crippen LogP contribution is -2.51. The van der Waals surface area contributed by atoms with E-state index in [9.17, 15) is 22.8 Å². The number of hydrogen-bond donors (Lipinski definition) is 0. The van der Waals surface area contributed by atoms with Crippen molar-refractivity contribution in [1.82, 2.24) is 9.80 Å².